The average Bonchev–Trinajstić information content (AvgIpc) is 2.50. The van der Waals surface area contributed by atoms with E-state index in [2.05, 4.69) is 39.2 Å². The van der Waals surface area contributed by atoms with Crippen molar-refractivity contribution in [2.24, 2.45) is 0 Å². The smallest absolute Gasteiger partial charge is 0.237 e. The Bertz CT molecular complexity index is 564. The molecule has 1 unspecified atom stereocenters. The monoisotopic (exact) mass is 320 g/mol. The summed E-state index contributed by atoms with van der Waals surface area (Å²) in [6.45, 7) is 6.47. The number of hydrogen-bond acceptors (Lipinski definition) is 5. The Kier molecular flexibility index (Phi) is 6.12. The summed E-state index contributed by atoms with van der Waals surface area (Å²) in [5.74, 6) is 1.30. The second kappa shape index (κ2) is 8.08. The molecule has 0 aliphatic carbocycles. The van der Waals surface area contributed by atoms with Crippen LogP contribution in [0.25, 0.3) is 0 Å². The van der Waals surface area contributed by atoms with Gasteiger partial charge in [-0.3, -0.25) is 9.88 Å². The van der Waals surface area contributed by atoms with Crippen molar-refractivity contribution in [1.29, 1.82) is 0 Å². The summed E-state index contributed by atoms with van der Waals surface area (Å²) in [7, 11) is 0. The van der Waals surface area contributed by atoms with Crippen molar-refractivity contribution in [2.45, 2.75) is 19.5 Å². The number of nitrogens with zero attached hydrogens (tertiary/aromatic N) is 3. The first-order chi connectivity index (χ1) is 10.3. The molecule has 1 atom stereocenters. The first-order valence-electron chi connectivity index (χ1n) is 7.28. The zero-order valence-corrected chi connectivity index (χ0v) is 13.4. The van der Waals surface area contributed by atoms with Crippen LogP contribution in [0.15, 0.2) is 42.9 Å². The molecule has 1 aliphatic rings. The van der Waals surface area contributed by atoms with Gasteiger partial charge in [0.05, 0.1) is 6.20 Å². The lowest BCUT2D eigenvalue weighted by atomic mass is 10.1. The van der Waals surface area contributed by atoms with E-state index in [0.717, 1.165) is 31.9 Å². The first-order valence-corrected chi connectivity index (χ1v) is 7.28. The maximum atomic E-state index is 5.64. The van der Waals surface area contributed by atoms with Gasteiger partial charge in [0.2, 0.25) is 5.88 Å². The van der Waals surface area contributed by atoms with Crippen LogP contribution in [0.4, 0.5) is 0 Å². The van der Waals surface area contributed by atoms with Gasteiger partial charge in [-0.25, -0.2) is 4.98 Å². The fourth-order valence-corrected chi connectivity index (χ4v) is 2.54. The van der Waals surface area contributed by atoms with Gasteiger partial charge in [0, 0.05) is 44.6 Å². The van der Waals surface area contributed by atoms with Crippen LogP contribution in [0, 0.1) is 0 Å². The molecule has 1 aromatic heterocycles. The van der Waals surface area contributed by atoms with Gasteiger partial charge in [0.25, 0.3) is 0 Å². The molecule has 0 amide bonds. The van der Waals surface area contributed by atoms with E-state index in [0.29, 0.717) is 11.9 Å². The predicted molar refractivity (Wildman–Crippen MR) is 88.5 cm³/mol. The summed E-state index contributed by atoms with van der Waals surface area (Å²) < 4.78 is 5.64. The third-order valence-electron chi connectivity index (χ3n) is 3.54. The third kappa shape index (κ3) is 4.66. The highest BCUT2D eigenvalue weighted by Crippen LogP contribution is 2.19. The molecular formula is C16H21ClN4O. The van der Waals surface area contributed by atoms with E-state index >= 15 is 0 Å². The number of benzene rings is 1. The molecule has 6 heteroatoms. The van der Waals surface area contributed by atoms with Gasteiger partial charge in [-0.15, -0.1) is 12.4 Å². The molecular weight excluding hydrogens is 300 g/mol. The van der Waals surface area contributed by atoms with Crippen LogP contribution in [0.5, 0.6) is 11.6 Å². The van der Waals surface area contributed by atoms with Crippen LogP contribution < -0.4 is 10.1 Å². The van der Waals surface area contributed by atoms with E-state index in [-0.39, 0.29) is 12.4 Å². The van der Waals surface area contributed by atoms with E-state index < -0.39 is 0 Å². The molecule has 1 aliphatic heterocycles. The number of hydrogen-bond donors (Lipinski definition) is 1. The van der Waals surface area contributed by atoms with Gasteiger partial charge in [-0.1, -0.05) is 12.1 Å². The van der Waals surface area contributed by atoms with E-state index in [1.54, 1.807) is 18.6 Å². The molecule has 0 bridgehead atoms. The summed E-state index contributed by atoms with van der Waals surface area (Å²) in [6.07, 6.45) is 4.86. The molecule has 0 spiro atoms. The van der Waals surface area contributed by atoms with Crippen molar-refractivity contribution in [2.75, 3.05) is 19.6 Å². The van der Waals surface area contributed by atoms with Crippen molar-refractivity contribution in [3.63, 3.8) is 0 Å². The van der Waals surface area contributed by atoms with E-state index in [4.69, 9.17) is 4.74 Å². The fraction of sp³-hybridized carbons (Fsp3) is 0.375. The van der Waals surface area contributed by atoms with Gasteiger partial charge in [0.1, 0.15) is 5.75 Å². The van der Waals surface area contributed by atoms with E-state index in [9.17, 15) is 0 Å². The second-order valence-electron chi connectivity index (χ2n) is 5.38. The van der Waals surface area contributed by atoms with Crippen molar-refractivity contribution in [1.82, 2.24) is 20.2 Å². The van der Waals surface area contributed by atoms with Crippen molar-refractivity contribution in [3.05, 3.63) is 48.4 Å². The molecule has 2 aromatic rings. The average molecular weight is 321 g/mol. The van der Waals surface area contributed by atoms with E-state index in [1.165, 1.54) is 5.56 Å². The molecule has 2 heterocycles. The van der Waals surface area contributed by atoms with Gasteiger partial charge in [0.15, 0.2) is 0 Å². The van der Waals surface area contributed by atoms with Crippen LogP contribution in [0.1, 0.15) is 12.5 Å². The number of nitrogens with one attached hydrogen (secondary N) is 1. The molecule has 22 heavy (non-hydrogen) atoms. The molecule has 1 fully saturated rings. The first kappa shape index (κ1) is 16.7. The Morgan fingerprint density at radius 3 is 2.77 bits per heavy atom. The minimum absolute atomic E-state index is 0. The van der Waals surface area contributed by atoms with Crippen LogP contribution in [0.3, 0.4) is 0 Å². The van der Waals surface area contributed by atoms with Crippen LogP contribution in [-0.4, -0.2) is 40.5 Å². The zero-order valence-electron chi connectivity index (χ0n) is 12.6. The number of aromatic nitrogens is 2. The van der Waals surface area contributed by atoms with Crippen molar-refractivity contribution < 1.29 is 4.74 Å². The lowest BCUT2D eigenvalue weighted by Crippen LogP contribution is -2.48. The number of rotatable bonds is 4. The lowest BCUT2D eigenvalue weighted by molar-refractivity contribution is 0.199. The normalized spacial score (nSPS) is 18.5. The van der Waals surface area contributed by atoms with Crippen LogP contribution >= 0.6 is 12.4 Å². The highest BCUT2D eigenvalue weighted by Gasteiger charge is 2.15. The maximum Gasteiger partial charge on any atom is 0.237 e. The quantitative estimate of drug-likeness (QED) is 0.938. The van der Waals surface area contributed by atoms with Gasteiger partial charge in [-0.2, -0.15) is 0 Å². The summed E-state index contributed by atoms with van der Waals surface area (Å²) >= 11 is 0. The topological polar surface area (TPSA) is 50.3 Å². The van der Waals surface area contributed by atoms with Crippen LogP contribution in [0.2, 0.25) is 0 Å². The second-order valence-corrected chi connectivity index (χ2v) is 5.38. The minimum Gasteiger partial charge on any atom is -0.438 e. The maximum absolute atomic E-state index is 5.64. The standard InChI is InChI=1S/C16H20N4O.ClH/c1-13-11-20(9-8-18-13)12-14-2-4-15(5-3-14)21-16-10-17-6-7-19-16;/h2-7,10,13,18H,8-9,11-12H2,1H3;1H. The van der Waals surface area contributed by atoms with Gasteiger partial charge < -0.3 is 10.1 Å². The van der Waals surface area contributed by atoms with Gasteiger partial charge >= 0.3 is 0 Å². The highest BCUT2D eigenvalue weighted by molar-refractivity contribution is 5.85. The molecule has 3 rings (SSSR count). The molecule has 0 radical (unpaired) electrons. The summed E-state index contributed by atoms with van der Waals surface area (Å²) in [4.78, 5) is 10.6. The van der Waals surface area contributed by atoms with Crippen LogP contribution in [-0.2, 0) is 6.54 Å². The Labute approximate surface area is 137 Å². The Hall–Kier alpha value is -1.69. The Balaban J connectivity index is 0.00000176. The lowest BCUT2D eigenvalue weighted by Gasteiger charge is -2.31. The number of ether oxygens (including phenoxy) is 1. The molecule has 1 aromatic carbocycles. The molecule has 0 saturated carbocycles. The Morgan fingerprint density at radius 2 is 2.09 bits per heavy atom. The molecule has 118 valence electrons. The zero-order chi connectivity index (χ0) is 14.5. The van der Waals surface area contributed by atoms with E-state index in [1.807, 2.05) is 12.1 Å². The molecule has 1 saturated heterocycles. The minimum atomic E-state index is 0. The predicted octanol–water partition coefficient (Wildman–Crippen LogP) is 2.48. The molecule has 1 N–H and O–H groups in total. The largest absolute Gasteiger partial charge is 0.438 e. The van der Waals surface area contributed by atoms with Crippen molar-refractivity contribution in [3.8, 4) is 11.6 Å². The third-order valence-corrected chi connectivity index (χ3v) is 3.54. The summed E-state index contributed by atoms with van der Waals surface area (Å²) in [6, 6.07) is 8.75. The SMILES string of the molecule is CC1CN(Cc2ccc(Oc3cnccn3)cc2)CCN1.Cl. The fourth-order valence-electron chi connectivity index (χ4n) is 2.54. The van der Waals surface area contributed by atoms with Crippen molar-refractivity contribution >= 4 is 12.4 Å². The van der Waals surface area contributed by atoms with Gasteiger partial charge in [-0.05, 0) is 24.6 Å². The summed E-state index contributed by atoms with van der Waals surface area (Å²) in [5, 5.41) is 3.46. The number of halogens is 1. The Morgan fingerprint density at radius 1 is 1.27 bits per heavy atom. The molecule has 5 nitrogen and oxygen atoms in total. The highest BCUT2D eigenvalue weighted by atomic mass is 35.5. The number of piperazine rings is 1. The summed E-state index contributed by atoms with van der Waals surface area (Å²) in [5.41, 5.74) is 1.30.